The van der Waals surface area contributed by atoms with Gasteiger partial charge in [-0.15, -0.1) is 0 Å². The Morgan fingerprint density at radius 3 is 2.25 bits per heavy atom. The minimum absolute atomic E-state index is 0.00887. The Kier molecular flexibility index (Phi) is 2.34. The number of carbonyl (C=O) groups excluding carboxylic acids is 2. The molecule has 1 spiro atoms. The van der Waals surface area contributed by atoms with E-state index in [0.717, 1.165) is 15.6 Å². The summed E-state index contributed by atoms with van der Waals surface area (Å²) in [6.07, 6.45) is 1.06. The molecule has 0 aliphatic heterocycles. The number of rotatable bonds is 0. The molecule has 0 aromatic heterocycles. The molecule has 0 amide bonds. The molecular formula is C17H11BrO2. The minimum Gasteiger partial charge on any atom is -0.293 e. The van der Waals surface area contributed by atoms with Gasteiger partial charge in [0.25, 0.3) is 0 Å². The highest BCUT2D eigenvalue weighted by Crippen LogP contribution is 2.47. The summed E-state index contributed by atoms with van der Waals surface area (Å²) in [5, 5.41) is 0. The Balaban J connectivity index is 1.87. The lowest BCUT2D eigenvalue weighted by Crippen LogP contribution is -2.34. The van der Waals surface area contributed by atoms with Crippen LogP contribution in [0.25, 0.3) is 0 Å². The zero-order valence-corrected chi connectivity index (χ0v) is 12.2. The molecule has 0 N–H and O–H groups in total. The fourth-order valence-electron chi connectivity index (χ4n) is 3.48. The lowest BCUT2D eigenvalue weighted by atomic mass is 9.80. The molecule has 0 fully saturated rings. The van der Waals surface area contributed by atoms with Gasteiger partial charge in [-0.05, 0) is 42.2 Å². The molecule has 3 heteroatoms. The number of hydrogen-bond donors (Lipinski definition) is 0. The zero-order valence-electron chi connectivity index (χ0n) is 10.7. The van der Waals surface area contributed by atoms with Crippen molar-refractivity contribution in [3.8, 4) is 0 Å². The number of Topliss-reactive ketones (excluding diaryl/α,β-unsaturated/α-hetero) is 2. The molecule has 98 valence electrons. The van der Waals surface area contributed by atoms with E-state index < -0.39 is 5.41 Å². The summed E-state index contributed by atoms with van der Waals surface area (Å²) in [5.74, 6) is -0.0216. The fourth-order valence-corrected chi connectivity index (χ4v) is 3.89. The van der Waals surface area contributed by atoms with Crippen LogP contribution >= 0.6 is 15.9 Å². The van der Waals surface area contributed by atoms with Crippen LogP contribution in [0, 0.1) is 5.41 Å². The van der Waals surface area contributed by atoms with Gasteiger partial charge in [-0.1, -0.05) is 40.2 Å². The average molecular weight is 327 g/mol. The third-order valence-corrected chi connectivity index (χ3v) is 4.92. The monoisotopic (exact) mass is 326 g/mol. The Bertz CT molecular complexity index is 778. The van der Waals surface area contributed by atoms with Crippen molar-refractivity contribution < 1.29 is 9.59 Å². The minimum atomic E-state index is -0.882. The topological polar surface area (TPSA) is 34.1 Å². The number of halogens is 1. The molecule has 0 unspecified atom stereocenters. The van der Waals surface area contributed by atoms with E-state index in [1.807, 2.05) is 42.5 Å². The Labute approximate surface area is 124 Å². The summed E-state index contributed by atoms with van der Waals surface area (Å²) >= 11 is 3.43. The Morgan fingerprint density at radius 2 is 1.50 bits per heavy atom. The van der Waals surface area contributed by atoms with Crippen molar-refractivity contribution in [1.29, 1.82) is 0 Å². The van der Waals surface area contributed by atoms with Crippen LogP contribution in [0.5, 0.6) is 0 Å². The Morgan fingerprint density at radius 1 is 0.850 bits per heavy atom. The van der Waals surface area contributed by atoms with Gasteiger partial charge in [0, 0.05) is 15.6 Å². The van der Waals surface area contributed by atoms with Crippen LogP contribution in [-0.4, -0.2) is 11.6 Å². The van der Waals surface area contributed by atoms with Gasteiger partial charge in [-0.25, -0.2) is 0 Å². The van der Waals surface area contributed by atoms with Gasteiger partial charge in [0.1, 0.15) is 5.41 Å². The summed E-state index contributed by atoms with van der Waals surface area (Å²) in [6.45, 7) is 0. The van der Waals surface area contributed by atoms with E-state index in [1.165, 1.54) is 0 Å². The summed E-state index contributed by atoms with van der Waals surface area (Å²) in [4.78, 5) is 25.5. The van der Waals surface area contributed by atoms with Gasteiger partial charge in [-0.3, -0.25) is 9.59 Å². The first kappa shape index (κ1) is 12.0. The first-order chi connectivity index (χ1) is 9.62. The van der Waals surface area contributed by atoms with Crippen molar-refractivity contribution in [1.82, 2.24) is 0 Å². The highest BCUT2D eigenvalue weighted by Gasteiger charge is 2.55. The van der Waals surface area contributed by atoms with Gasteiger partial charge < -0.3 is 0 Å². The van der Waals surface area contributed by atoms with Gasteiger partial charge >= 0.3 is 0 Å². The average Bonchev–Trinajstić information content (AvgIpc) is 2.87. The quantitative estimate of drug-likeness (QED) is 0.693. The van der Waals surface area contributed by atoms with Gasteiger partial charge in [0.2, 0.25) is 0 Å². The molecule has 0 bridgehead atoms. The van der Waals surface area contributed by atoms with Gasteiger partial charge in [-0.2, -0.15) is 0 Å². The zero-order chi connectivity index (χ0) is 13.9. The van der Waals surface area contributed by atoms with Crippen molar-refractivity contribution >= 4 is 27.5 Å². The molecule has 4 rings (SSSR count). The molecule has 20 heavy (non-hydrogen) atoms. The highest BCUT2D eigenvalue weighted by atomic mass is 79.9. The van der Waals surface area contributed by atoms with E-state index in [4.69, 9.17) is 0 Å². The molecule has 2 aromatic rings. The first-order valence-corrected chi connectivity index (χ1v) is 7.37. The molecule has 0 heterocycles. The predicted molar refractivity (Wildman–Crippen MR) is 79.1 cm³/mol. The number of hydrogen-bond acceptors (Lipinski definition) is 2. The SMILES string of the molecule is O=C1c2ccccc2C[C@@]12Cc1cc(Br)ccc1C2=O. The van der Waals surface area contributed by atoms with Gasteiger partial charge in [0.15, 0.2) is 11.6 Å². The van der Waals surface area contributed by atoms with Crippen LogP contribution in [0.1, 0.15) is 31.8 Å². The van der Waals surface area contributed by atoms with Crippen LogP contribution in [0.4, 0.5) is 0 Å². The van der Waals surface area contributed by atoms with E-state index in [1.54, 1.807) is 0 Å². The molecule has 1 atom stereocenters. The summed E-state index contributed by atoms with van der Waals surface area (Å²) in [5.41, 5.74) is 2.51. The van der Waals surface area contributed by atoms with Crippen molar-refractivity contribution in [2.45, 2.75) is 12.8 Å². The van der Waals surface area contributed by atoms with Crippen LogP contribution in [0.2, 0.25) is 0 Å². The fraction of sp³-hybridized carbons (Fsp3) is 0.176. The molecule has 2 aromatic carbocycles. The van der Waals surface area contributed by atoms with E-state index in [-0.39, 0.29) is 11.6 Å². The molecule has 0 saturated carbocycles. The lowest BCUT2D eigenvalue weighted by molar-refractivity contribution is 0.0705. The second-order valence-electron chi connectivity index (χ2n) is 5.55. The summed E-state index contributed by atoms with van der Waals surface area (Å²) in [7, 11) is 0. The molecule has 0 saturated heterocycles. The maximum absolute atomic E-state index is 12.8. The third-order valence-electron chi connectivity index (χ3n) is 4.43. The van der Waals surface area contributed by atoms with Crippen LogP contribution in [0.15, 0.2) is 46.9 Å². The first-order valence-electron chi connectivity index (χ1n) is 6.58. The second kappa shape index (κ2) is 3.89. The number of ketones is 2. The maximum Gasteiger partial charge on any atom is 0.177 e. The van der Waals surface area contributed by atoms with Crippen LogP contribution in [0.3, 0.4) is 0 Å². The number of carbonyl (C=O) groups is 2. The molecule has 2 aliphatic carbocycles. The Hall–Kier alpha value is -1.74. The maximum atomic E-state index is 12.8. The van der Waals surface area contributed by atoms with E-state index in [2.05, 4.69) is 15.9 Å². The lowest BCUT2D eigenvalue weighted by Gasteiger charge is -2.18. The van der Waals surface area contributed by atoms with Crippen molar-refractivity contribution in [2.24, 2.45) is 5.41 Å². The number of benzene rings is 2. The summed E-state index contributed by atoms with van der Waals surface area (Å²) < 4.78 is 0.948. The van der Waals surface area contributed by atoms with E-state index in [0.29, 0.717) is 24.0 Å². The predicted octanol–water partition coefficient (Wildman–Crippen LogP) is 3.61. The normalized spacial score (nSPS) is 23.2. The van der Waals surface area contributed by atoms with E-state index in [9.17, 15) is 9.59 Å². The molecular weight excluding hydrogens is 316 g/mol. The second-order valence-corrected chi connectivity index (χ2v) is 6.47. The van der Waals surface area contributed by atoms with Gasteiger partial charge in [0.05, 0.1) is 0 Å². The molecule has 0 radical (unpaired) electrons. The van der Waals surface area contributed by atoms with Crippen molar-refractivity contribution in [3.63, 3.8) is 0 Å². The molecule has 2 aliphatic rings. The van der Waals surface area contributed by atoms with Crippen LogP contribution in [-0.2, 0) is 12.8 Å². The summed E-state index contributed by atoms with van der Waals surface area (Å²) in [6, 6.07) is 13.2. The standard InChI is InChI=1S/C17H11BrO2/c18-12-5-6-14-11(7-12)9-17(16(14)20)8-10-3-1-2-4-13(10)15(17)19/h1-7H,8-9H2/t17-/m1/s1. The molecule has 2 nitrogen and oxygen atoms in total. The highest BCUT2D eigenvalue weighted by molar-refractivity contribution is 9.10. The van der Waals surface area contributed by atoms with Crippen molar-refractivity contribution in [3.05, 3.63) is 69.2 Å². The van der Waals surface area contributed by atoms with Crippen LogP contribution < -0.4 is 0 Å². The number of fused-ring (bicyclic) bond motifs is 2. The smallest absolute Gasteiger partial charge is 0.177 e. The van der Waals surface area contributed by atoms with Crippen molar-refractivity contribution in [2.75, 3.05) is 0 Å². The third kappa shape index (κ3) is 1.39. The van der Waals surface area contributed by atoms with E-state index >= 15 is 0 Å². The largest absolute Gasteiger partial charge is 0.293 e.